The summed E-state index contributed by atoms with van der Waals surface area (Å²) in [7, 11) is 0. The average molecular weight is 289 g/mol. The Kier molecular flexibility index (Phi) is 3.25. The van der Waals surface area contributed by atoms with Gasteiger partial charge >= 0.3 is 0 Å². The van der Waals surface area contributed by atoms with E-state index in [1.807, 2.05) is 0 Å². The number of nitrogens with one attached hydrogen (secondary N) is 1. The van der Waals surface area contributed by atoms with Crippen LogP contribution in [0.2, 0.25) is 0 Å². The predicted molar refractivity (Wildman–Crippen MR) is 76.9 cm³/mol. The summed E-state index contributed by atoms with van der Waals surface area (Å²) in [5, 5.41) is 10.6. The van der Waals surface area contributed by atoms with Crippen LogP contribution in [0.3, 0.4) is 0 Å². The standard InChI is InChI=1S/C12H11N5O2S/c13-16-12-9-5-20-6-10(9)14-11(15-12)7-1-3-8(4-2-7)17(18)19/h1-4H,5-6,13H2,(H,14,15,16). The fourth-order valence-corrected chi connectivity index (χ4v) is 3.07. The van der Waals surface area contributed by atoms with E-state index in [0.29, 0.717) is 11.6 Å². The highest BCUT2D eigenvalue weighted by Gasteiger charge is 2.20. The van der Waals surface area contributed by atoms with Crippen LogP contribution in [0.4, 0.5) is 11.5 Å². The van der Waals surface area contributed by atoms with Crippen LogP contribution in [0, 0.1) is 10.1 Å². The minimum Gasteiger partial charge on any atom is -0.308 e. The molecule has 0 aliphatic carbocycles. The van der Waals surface area contributed by atoms with Gasteiger partial charge in [-0.3, -0.25) is 10.1 Å². The van der Waals surface area contributed by atoms with Gasteiger partial charge in [0.15, 0.2) is 5.82 Å². The Bertz CT molecular complexity index is 674. The zero-order valence-electron chi connectivity index (χ0n) is 10.4. The summed E-state index contributed by atoms with van der Waals surface area (Å²) in [5.74, 6) is 8.30. The van der Waals surface area contributed by atoms with Crippen LogP contribution in [0.15, 0.2) is 24.3 Å². The zero-order chi connectivity index (χ0) is 14.1. The van der Waals surface area contributed by atoms with Crippen molar-refractivity contribution in [3.63, 3.8) is 0 Å². The number of rotatable bonds is 3. The third kappa shape index (κ3) is 2.19. The number of nitrogens with zero attached hydrogens (tertiary/aromatic N) is 3. The fourth-order valence-electron chi connectivity index (χ4n) is 2.03. The molecule has 7 nitrogen and oxygen atoms in total. The number of hydrogen-bond acceptors (Lipinski definition) is 7. The van der Waals surface area contributed by atoms with Crippen LogP contribution in [-0.4, -0.2) is 14.9 Å². The van der Waals surface area contributed by atoms with Crippen molar-refractivity contribution in [1.29, 1.82) is 0 Å². The van der Waals surface area contributed by atoms with Gasteiger partial charge in [-0.25, -0.2) is 15.8 Å². The van der Waals surface area contributed by atoms with Crippen molar-refractivity contribution in [2.75, 3.05) is 5.43 Å². The Hall–Kier alpha value is -2.19. The van der Waals surface area contributed by atoms with Crippen molar-refractivity contribution in [2.24, 2.45) is 5.84 Å². The van der Waals surface area contributed by atoms with E-state index in [4.69, 9.17) is 5.84 Å². The first-order valence-electron chi connectivity index (χ1n) is 5.88. The van der Waals surface area contributed by atoms with Crippen molar-refractivity contribution in [2.45, 2.75) is 11.5 Å². The number of benzene rings is 1. The molecule has 0 spiro atoms. The Morgan fingerprint density at radius 2 is 2.00 bits per heavy atom. The molecule has 1 aromatic heterocycles. The van der Waals surface area contributed by atoms with Crippen molar-refractivity contribution in [3.05, 3.63) is 45.6 Å². The Labute approximate surface area is 118 Å². The molecule has 2 heterocycles. The SMILES string of the molecule is NNc1nc(-c2ccc([N+](=O)[O-])cc2)nc2c1CSC2. The summed E-state index contributed by atoms with van der Waals surface area (Å²) in [6.07, 6.45) is 0. The molecule has 0 saturated carbocycles. The molecule has 0 atom stereocenters. The van der Waals surface area contributed by atoms with Crippen LogP contribution in [-0.2, 0) is 11.5 Å². The molecule has 0 fully saturated rings. The second-order valence-corrected chi connectivity index (χ2v) is 5.25. The van der Waals surface area contributed by atoms with Crippen LogP contribution < -0.4 is 11.3 Å². The molecule has 8 heteroatoms. The first-order chi connectivity index (χ1) is 9.69. The molecule has 3 rings (SSSR count). The molecule has 102 valence electrons. The number of fused-ring (bicyclic) bond motifs is 1. The van der Waals surface area contributed by atoms with E-state index in [1.165, 1.54) is 12.1 Å². The lowest BCUT2D eigenvalue weighted by molar-refractivity contribution is -0.384. The van der Waals surface area contributed by atoms with Crippen LogP contribution >= 0.6 is 11.8 Å². The number of nitro groups is 1. The molecule has 1 aromatic carbocycles. The average Bonchev–Trinajstić information content (AvgIpc) is 2.94. The highest BCUT2D eigenvalue weighted by molar-refractivity contribution is 7.98. The molecule has 1 aliphatic heterocycles. The molecule has 0 radical (unpaired) electrons. The lowest BCUT2D eigenvalue weighted by Crippen LogP contribution is -2.12. The van der Waals surface area contributed by atoms with Gasteiger partial charge in [0, 0.05) is 34.8 Å². The number of nitro benzene ring substituents is 1. The molecular weight excluding hydrogens is 278 g/mol. The van der Waals surface area contributed by atoms with E-state index in [1.54, 1.807) is 23.9 Å². The third-order valence-corrected chi connectivity index (χ3v) is 4.02. The van der Waals surface area contributed by atoms with E-state index in [-0.39, 0.29) is 5.69 Å². The van der Waals surface area contributed by atoms with E-state index < -0.39 is 4.92 Å². The second-order valence-electron chi connectivity index (χ2n) is 4.26. The number of aromatic nitrogens is 2. The van der Waals surface area contributed by atoms with Gasteiger partial charge in [0.05, 0.1) is 10.6 Å². The Morgan fingerprint density at radius 3 is 2.65 bits per heavy atom. The van der Waals surface area contributed by atoms with Crippen molar-refractivity contribution >= 4 is 23.3 Å². The molecule has 20 heavy (non-hydrogen) atoms. The number of thioether (sulfide) groups is 1. The van der Waals surface area contributed by atoms with Gasteiger partial charge in [-0.1, -0.05) is 0 Å². The van der Waals surface area contributed by atoms with Crippen molar-refractivity contribution in [3.8, 4) is 11.4 Å². The molecule has 0 unspecified atom stereocenters. The van der Waals surface area contributed by atoms with E-state index in [2.05, 4.69) is 15.4 Å². The molecule has 3 N–H and O–H groups in total. The largest absolute Gasteiger partial charge is 0.308 e. The van der Waals surface area contributed by atoms with Crippen molar-refractivity contribution < 1.29 is 4.92 Å². The molecular formula is C12H11N5O2S. The number of hydrogen-bond donors (Lipinski definition) is 2. The summed E-state index contributed by atoms with van der Waals surface area (Å²) in [5.41, 5.74) is 5.36. The summed E-state index contributed by atoms with van der Waals surface area (Å²) in [6.45, 7) is 0. The van der Waals surface area contributed by atoms with E-state index in [9.17, 15) is 10.1 Å². The lowest BCUT2D eigenvalue weighted by atomic mass is 10.1. The van der Waals surface area contributed by atoms with Gasteiger partial charge in [-0.2, -0.15) is 11.8 Å². The van der Waals surface area contributed by atoms with Gasteiger partial charge in [0.1, 0.15) is 5.82 Å². The summed E-state index contributed by atoms with van der Waals surface area (Å²) >= 11 is 1.76. The summed E-state index contributed by atoms with van der Waals surface area (Å²) in [6, 6.07) is 6.16. The number of nitrogens with two attached hydrogens (primary N) is 1. The molecule has 2 aromatic rings. The fraction of sp³-hybridized carbons (Fsp3) is 0.167. The first kappa shape index (κ1) is 12.8. The maximum atomic E-state index is 10.6. The van der Waals surface area contributed by atoms with Gasteiger partial charge in [-0.05, 0) is 12.1 Å². The summed E-state index contributed by atoms with van der Waals surface area (Å²) < 4.78 is 0. The van der Waals surface area contributed by atoms with Gasteiger partial charge in [0.2, 0.25) is 0 Å². The maximum Gasteiger partial charge on any atom is 0.269 e. The summed E-state index contributed by atoms with van der Waals surface area (Å²) in [4.78, 5) is 19.1. The number of anilines is 1. The normalized spacial score (nSPS) is 13.1. The molecule has 1 aliphatic rings. The smallest absolute Gasteiger partial charge is 0.269 e. The second kappa shape index (κ2) is 5.06. The number of hydrazine groups is 1. The number of non-ortho nitro benzene ring substituents is 1. The minimum atomic E-state index is -0.434. The maximum absolute atomic E-state index is 10.6. The van der Waals surface area contributed by atoms with Crippen LogP contribution in [0.25, 0.3) is 11.4 Å². The first-order valence-corrected chi connectivity index (χ1v) is 7.03. The Balaban J connectivity index is 2.04. The molecule has 0 amide bonds. The molecule has 0 bridgehead atoms. The van der Waals surface area contributed by atoms with Gasteiger partial charge in [-0.15, -0.1) is 0 Å². The highest BCUT2D eigenvalue weighted by atomic mass is 32.2. The minimum absolute atomic E-state index is 0.0441. The monoisotopic (exact) mass is 289 g/mol. The quantitative estimate of drug-likeness (QED) is 0.506. The predicted octanol–water partition coefficient (Wildman–Crippen LogP) is 2.08. The topological polar surface area (TPSA) is 107 Å². The van der Waals surface area contributed by atoms with Crippen LogP contribution in [0.5, 0.6) is 0 Å². The Morgan fingerprint density at radius 1 is 1.25 bits per heavy atom. The number of nitrogen functional groups attached to an aromatic ring is 1. The third-order valence-electron chi connectivity index (χ3n) is 3.05. The van der Waals surface area contributed by atoms with Crippen molar-refractivity contribution in [1.82, 2.24) is 9.97 Å². The lowest BCUT2D eigenvalue weighted by Gasteiger charge is -2.08. The van der Waals surface area contributed by atoms with Gasteiger partial charge in [0.25, 0.3) is 5.69 Å². The molecule has 0 saturated heterocycles. The van der Waals surface area contributed by atoms with Gasteiger partial charge < -0.3 is 5.43 Å². The van der Waals surface area contributed by atoms with E-state index in [0.717, 1.165) is 28.3 Å². The van der Waals surface area contributed by atoms with Crippen LogP contribution in [0.1, 0.15) is 11.3 Å². The highest BCUT2D eigenvalue weighted by Crippen LogP contribution is 2.34. The zero-order valence-corrected chi connectivity index (χ0v) is 11.2. The van der Waals surface area contributed by atoms with E-state index >= 15 is 0 Å².